The van der Waals surface area contributed by atoms with E-state index in [0.717, 1.165) is 16.6 Å². The predicted octanol–water partition coefficient (Wildman–Crippen LogP) is 2.68. The maximum atomic E-state index is 10.9. The maximum Gasteiger partial charge on any atom is 0.375 e. The summed E-state index contributed by atoms with van der Waals surface area (Å²) < 4.78 is 2.49. The SMILES string of the molecule is CCCc1nc(C(=O)O)nn1-c1cccc(Br)c1. The van der Waals surface area contributed by atoms with Crippen LogP contribution in [-0.2, 0) is 6.42 Å². The molecular weight excluding hydrogens is 298 g/mol. The minimum Gasteiger partial charge on any atom is -0.475 e. The number of carboxylic acid groups (broad SMARTS) is 1. The predicted molar refractivity (Wildman–Crippen MR) is 70.0 cm³/mol. The van der Waals surface area contributed by atoms with E-state index in [1.165, 1.54) is 0 Å². The molecule has 0 unspecified atom stereocenters. The van der Waals surface area contributed by atoms with Gasteiger partial charge in [0.2, 0.25) is 0 Å². The van der Waals surface area contributed by atoms with E-state index in [1.807, 2.05) is 31.2 Å². The van der Waals surface area contributed by atoms with Crippen molar-refractivity contribution in [1.29, 1.82) is 0 Å². The summed E-state index contributed by atoms with van der Waals surface area (Å²) in [6.45, 7) is 2.01. The number of aromatic carboxylic acids is 1. The van der Waals surface area contributed by atoms with Gasteiger partial charge in [0.25, 0.3) is 5.82 Å². The van der Waals surface area contributed by atoms with Gasteiger partial charge in [0.05, 0.1) is 5.69 Å². The van der Waals surface area contributed by atoms with Gasteiger partial charge in [-0.3, -0.25) is 0 Å². The third-order valence-corrected chi connectivity index (χ3v) is 2.89. The highest BCUT2D eigenvalue weighted by Crippen LogP contribution is 2.17. The van der Waals surface area contributed by atoms with Gasteiger partial charge >= 0.3 is 5.97 Å². The summed E-state index contributed by atoms with van der Waals surface area (Å²) >= 11 is 3.38. The summed E-state index contributed by atoms with van der Waals surface area (Å²) in [5.74, 6) is -0.618. The van der Waals surface area contributed by atoms with Crippen LogP contribution in [0.2, 0.25) is 0 Å². The van der Waals surface area contributed by atoms with Crippen LogP contribution in [-0.4, -0.2) is 25.8 Å². The van der Waals surface area contributed by atoms with Gasteiger partial charge in [-0.2, -0.15) is 0 Å². The zero-order valence-corrected chi connectivity index (χ0v) is 11.4. The zero-order valence-electron chi connectivity index (χ0n) is 9.80. The van der Waals surface area contributed by atoms with Crippen molar-refractivity contribution in [1.82, 2.24) is 14.8 Å². The van der Waals surface area contributed by atoms with Crippen molar-refractivity contribution < 1.29 is 9.90 Å². The number of carboxylic acids is 1. The Morgan fingerprint density at radius 2 is 2.28 bits per heavy atom. The first kappa shape index (κ1) is 12.8. The van der Waals surface area contributed by atoms with Crippen LogP contribution >= 0.6 is 15.9 Å². The summed E-state index contributed by atoms with van der Waals surface area (Å²) in [7, 11) is 0. The van der Waals surface area contributed by atoms with Gasteiger partial charge < -0.3 is 5.11 Å². The molecule has 0 bridgehead atoms. The standard InChI is InChI=1S/C12H12BrN3O2/c1-2-4-10-14-11(12(17)18)15-16(10)9-6-3-5-8(13)7-9/h3,5-7H,2,4H2,1H3,(H,17,18). The lowest BCUT2D eigenvalue weighted by molar-refractivity contribution is 0.0683. The number of rotatable bonds is 4. The topological polar surface area (TPSA) is 68.0 Å². The molecule has 18 heavy (non-hydrogen) atoms. The first-order valence-electron chi connectivity index (χ1n) is 5.57. The number of benzene rings is 1. The molecule has 1 heterocycles. The number of halogens is 1. The summed E-state index contributed by atoms with van der Waals surface area (Å²) in [5.41, 5.74) is 0.799. The second-order valence-corrected chi connectivity index (χ2v) is 4.71. The van der Waals surface area contributed by atoms with Gasteiger partial charge in [-0.05, 0) is 24.6 Å². The average Bonchev–Trinajstić information content (AvgIpc) is 2.74. The highest BCUT2D eigenvalue weighted by atomic mass is 79.9. The molecule has 94 valence electrons. The maximum absolute atomic E-state index is 10.9. The van der Waals surface area contributed by atoms with E-state index in [1.54, 1.807) is 4.68 Å². The molecule has 0 aliphatic carbocycles. The summed E-state index contributed by atoms with van der Waals surface area (Å²) in [4.78, 5) is 15.0. The molecule has 2 aromatic rings. The van der Waals surface area contributed by atoms with Crippen molar-refractivity contribution in [2.24, 2.45) is 0 Å². The quantitative estimate of drug-likeness (QED) is 0.943. The van der Waals surface area contributed by atoms with Crippen molar-refractivity contribution in [3.05, 3.63) is 40.4 Å². The Morgan fingerprint density at radius 1 is 1.50 bits per heavy atom. The van der Waals surface area contributed by atoms with E-state index in [2.05, 4.69) is 26.0 Å². The lowest BCUT2D eigenvalue weighted by atomic mass is 10.3. The van der Waals surface area contributed by atoms with Crippen LogP contribution in [0.4, 0.5) is 0 Å². The fourth-order valence-electron chi connectivity index (χ4n) is 1.64. The first-order chi connectivity index (χ1) is 8.61. The number of carbonyl (C=O) groups is 1. The number of aromatic nitrogens is 3. The summed E-state index contributed by atoms with van der Waals surface area (Å²) in [5, 5.41) is 13.0. The Morgan fingerprint density at radius 3 is 2.89 bits per heavy atom. The van der Waals surface area contributed by atoms with Crippen LogP contribution in [0.3, 0.4) is 0 Å². The molecular formula is C12H12BrN3O2. The van der Waals surface area contributed by atoms with E-state index < -0.39 is 5.97 Å². The molecule has 0 aliphatic rings. The van der Waals surface area contributed by atoms with E-state index in [9.17, 15) is 4.79 Å². The van der Waals surface area contributed by atoms with Crippen LogP contribution in [0.1, 0.15) is 29.8 Å². The summed E-state index contributed by atoms with van der Waals surface area (Å²) in [6, 6.07) is 7.51. The second-order valence-electron chi connectivity index (χ2n) is 3.80. The second kappa shape index (κ2) is 5.30. The number of hydrogen-bond donors (Lipinski definition) is 1. The Labute approximate surface area is 113 Å². The highest BCUT2D eigenvalue weighted by molar-refractivity contribution is 9.10. The molecule has 6 heteroatoms. The molecule has 2 rings (SSSR count). The van der Waals surface area contributed by atoms with Gasteiger partial charge in [-0.1, -0.05) is 28.9 Å². The van der Waals surface area contributed by atoms with Gasteiger partial charge in [0, 0.05) is 10.9 Å². The lowest BCUT2D eigenvalue weighted by Crippen LogP contribution is -2.03. The van der Waals surface area contributed by atoms with Gasteiger partial charge in [-0.15, -0.1) is 5.10 Å². The summed E-state index contributed by atoms with van der Waals surface area (Å²) in [6.07, 6.45) is 1.57. The molecule has 1 aromatic carbocycles. The third-order valence-electron chi connectivity index (χ3n) is 2.39. The van der Waals surface area contributed by atoms with Crippen LogP contribution < -0.4 is 0 Å². The molecule has 0 saturated carbocycles. The fourth-order valence-corrected chi connectivity index (χ4v) is 2.02. The van der Waals surface area contributed by atoms with Crippen molar-refractivity contribution in [2.45, 2.75) is 19.8 Å². The minimum atomic E-state index is -1.11. The molecule has 1 N–H and O–H groups in total. The van der Waals surface area contributed by atoms with Crippen molar-refractivity contribution >= 4 is 21.9 Å². The molecule has 0 saturated heterocycles. The molecule has 0 amide bonds. The monoisotopic (exact) mass is 309 g/mol. The van der Waals surface area contributed by atoms with E-state index in [0.29, 0.717) is 12.2 Å². The number of nitrogens with zero attached hydrogens (tertiary/aromatic N) is 3. The van der Waals surface area contributed by atoms with Crippen molar-refractivity contribution in [3.63, 3.8) is 0 Å². The van der Waals surface area contributed by atoms with Crippen LogP contribution in [0, 0.1) is 0 Å². The minimum absolute atomic E-state index is 0.168. The van der Waals surface area contributed by atoms with E-state index in [4.69, 9.17) is 5.11 Å². The van der Waals surface area contributed by atoms with Crippen LogP contribution in [0.15, 0.2) is 28.7 Å². The lowest BCUT2D eigenvalue weighted by Gasteiger charge is -2.04. The van der Waals surface area contributed by atoms with Crippen molar-refractivity contribution in [3.8, 4) is 5.69 Å². The molecule has 0 atom stereocenters. The molecule has 0 radical (unpaired) electrons. The zero-order chi connectivity index (χ0) is 13.1. The number of hydrogen-bond acceptors (Lipinski definition) is 3. The fraction of sp³-hybridized carbons (Fsp3) is 0.250. The van der Waals surface area contributed by atoms with Crippen LogP contribution in [0.25, 0.3) is 5.69 Å². The van der Waals surface area contributed by atoms with Crippen LogP contribution in [0.5, 0.6) is 0 Å². The van der Waals surface area contributed by atoms with Gasteiger partial charge in [0.15, 0.2) is 0 Å². The normalized spacial score (nSPS) is 10.6. The molecule has 1 aromatic heterocycles. The van der Waals surface area contributed by atoms with E-state index >= 15 is 0 Å². The van der Waals surface area contributed by atoms with Gasteiger partial charge in [-0.25, -0.2) is 14.5 Å². The highest BCUT2D eigenvalue weighted by Gasteiger charge is 2.15. The Balaban J connectivity index is 2.51. The largest absolute Gasteiger partial charge is 0.475 e. The average molecular weight is 310 g/mol. The third kappa shape index (κ3) is 2.59. The van der Waals surface area contributed by atoms with Crippen molar-refractivity contribution in [2.75, 3.05) is 0 Å². The molecule has 0 spiro atoms. The molecule has 0 fully saturated rings. The smallest absolute Gasteiger partial charge is 0.375 e. The Hall–Kier alpha value is -1.69. The Bertz CT molecular complexity index is 580. The number of aryl methyl sites for hydroxylation is 1. The van der Waals surface area contributed by atoms with E-state index in [-0.39, 0.29) is 5.82 Å². The first-order valence-corrected chi connectivity index (χ1v) is 6.36. The molecule has 0 aliphatic heterocycles. The molecule has 5 nitrogen and oxygen atoms in total. The van der Waals surface area contributed by atoms with Gasteiger partial charge in [0.1, 0.15) is 5.82 Å². The Kier molecular flexibility index (Phi) is 3.76.